The van der Waals surface area contributed by atoms with Gasteiger partial charge in [0, 0.05) is 13.0 Å². The summed E-state index contributed by atoms with van der Waals surface area (Å²) >= 11 is 0. The van der Waals surface area contributed by atoms with E-state index >= 15 is 0 Å². The van der Waals surface area contributed by atoms with Crippen LogP contribution in [0.1, 0.15) is 18.9 Å². The van der Waals surface area contributed by atoms with E-state index in [1.54, 1.807) is 13.0 Å². The maximum Gasteiger partial charge on any atom is 0.165 e. The van der Waals surface area contributed by atoms with Crippen LogP contribution in [0, 0.1) is 17.7 Å². The van der Waals surface area contributed by atoms with E-state index in [-0.39, 0.29) is 11.6 Å². The zero-order valence-electron chi connectivity index (χ0n) is 9.64. The van der Waals surface area contributed by atoms with E-state index in [1.807, 2.05) is 13.1 Å². The van der Waals surface area contributed by atoms with Gasteiger partial charge in [-0.3, -0.25) is 0 Å². The summed E-state index contributed by atoms with van der Waals surface area (Å²) in [6.07, 6.45) is 0.619. The Kier molecular flexibility index (Phi) is 5.38. The highest BCUT2D eigenvalue weighted by atomic mass is 19.1. The van der Waals surface area contributed by atoms with E-state index in [2.05, 4.69) is 17.2 Å². The number of halogens is 1. The molecule has 0 amide bonds. The molecule has 0 unspecified atom stereocenters. The van der Waals surface area contributed by atoms with Gasteiger partial charge in [0.15, 0.2) is 11.6 Å². The van der Waals surface area contributed by atoms with Crippen molar-refractivity contribution in [2.45, 2.75) is 19.9 Å². The van der Waals surface area contributed by atoms with Crippen molar-refractivity contribution in [3.63, 3.8) is 0 Å². The molecule has 0 aliphatic carbocycles. The lowest BCUT2D eigenvalue weighted by Crippen LogP contribution is -2.06. The Balaban J connectivity index is 2.56. The monoisotopic (exact) mass is 221 g/mol. The molecule has 0 bridgehead atoms. The average molecular weight is 221 g/mol. The lowest BCUT2D eigenvalue weighted by atomic mass is 10.2. The SMILES string of the molecule is CC#CCCOc1ccc(CNC)cc1F. The molecule has 0 aromatic heterocycles. The van der Waals surface area contributed by atoms with Gasteiger partial charge in [0.1, 0.15) is 0 Å². The minimum atomic E-state index is -0.322. The molecule has 0 aliphatic heterocycles. The van der Waals surface area contributed by atoms with Crippen LogP contribution in [0.15, 0.2) is 18.2 Å². The molecule has 0 aliphatic rings. The maximum absolute atomic E-state index is 13.5. The molecule has 3 heteroatoms. The van der Waals surface area contributed by atoms with Gasteiger partial charge in [-0.15, -0.1) is 11.8 Å². The van der Waals surface area contributed by atoms with Crippen LogP contribution in [0.25, 0.3) is 0 Å². The third-order valence-corrected chi connectivity index (χ3v) is 2.04. The van der Waals surface area contributed by atoms with Crippen LogP contribution in [-0.4, -0.2) is 13.7 Å². The summed E-state index contributed by atoms with van der Waals surface area (Å²) in [5.41, 5.74) is 0.903. The van der Waals surface area contributed by atoms with Gasteiger partial charge in [-0.2, -0.15) is 0 Å². The predicted octanol–water partition coefficient (Wildman–Crippen LogP) is 2.34. The summed E-state index contributed by atoms with van der Waals surface area (Å²) < 4.78 is 18.8. The van der Waals surface area contributed by atoms with Crippen molar-refractivity contribution in [1.82, 2.24) is 5.32 Å². The van der Waals surface area contributed by atoms with Crippen LogP contribution in [0.5, 0.6) is 5.75 Å². The molecule has 16 heavy (non-hydrogen) atoms. The smallest absolute Gasteiger partial charge is 0.165 e. The van der Waals surface area contributed by atoms with Gasteiger partial charge in [0.05, 0.1) is 6.61 Å². The summed E-state index contributed by atoms with van der Waals surface area (Å²) in [7, 11) is 1.83. The second-order valence-corrected chi connectivity index (χ2v) is 3.32. The Bertz CT molecular complexity index is 393. The normalized spacial score (nSPS) is 9.44. The van der Waals surface area contributed by atoms with Crippen LogP contribution in [-0.2, 0) is 6.54 Å². The molecule has 86 valence electrons. The van der Waals surface area contributed by atoms with Gasteiger partial charge >= 0.3 is 0 Å². The summed E-state index contributed by atoms with van der Waals surface area (Å²) in [6, 6.07) is 4.99. The Morgan fingerprint density at radius 2 is 2.25 bits per heavy atom. The fourth-order valence-electron chi connectivity index (χ4n) is 1.31. The molecule has 0 atom stereocenters. The lowest BCUT2D eigenvalue weighted by molar-refractivity contribution is 0.309. The highest BCUT2D eigenvalue weighted by Crippen LogP contribution is 2.18. The number of rotatable bonds is 5. The van der Waals surface area contributed by atoms with Crippen molar-refractivity contribution < 1.29 is 9.13 Å². The molecule has 0 saturated carbocycles. The zero-order valence-corrected chi connectivity index (χ0v) is 9.64. The highest BCUT2D eigenvalue weighted by Gasteiger charge is 2.03. The van der Waals surface area contributed by atoms with Crippen molar-refractivity contribution in [3.8, 4) is 17.6 Å². The number of hydrogen-bond donors (Lipinski definition) is 1. The highest BCUT2D eigenvalue weighted by molar-refractivity contribution is 5.29. The minimum Gasteiger partial charge on any atom is -0.490 e. The Morgan fingerprint density at radius 1 is 1.44 bits per heavy atom. The number of hydrogen-bond acceptors (Lipinski definition) is 2. The summed E-state index contributed by atoms with van der Waals surface area (Å²) in [5, 5.41) is 2.96. The number of benzene rings is 1. The first-order chi connectivity index (χ1) is 7.77. The molecule has 1 aromatic carbocycles. The molecule has 2 nitrogen and oxygen atoms in total. The van der Waals surface area contributed by atoms with E-state index in [4.69, 9.17) is 4.74 Å². The zero-order chi connectivity index (χ0) is 11.8. The molecular formula is C13H16FNO. The lowest BCUT2D eigenvalue weighted by Gasteiger charge is -2.07. The first kappa shape index (κ1) is 12.5. The van der Waals surface area contributed by atoms with Crippen molar-refractivity contribution in [2.75, 3.05) is 13.7 Å². The van der Waals surface area contributed by atoms with Gasteiger partial charge in [-0.05, 0) is 31.7 Å². The van der Waals surface area contributed by atoms with E-state index in [9.17, 15) is 4.39 Å². The first-order valence-electron chi connectivity index (χ1n) is 5.23. The minimum absolute atomic E-state index is 0.290. The van der Waals surface area contributed by atoms with Crippen LogP contribution in [0.4, 0.5) is 4.39 Å². The van der Waals surface area contributed by atoms with E-state index < -0.39 is 0 Å². The van der Waals surface area contributed by atoms with E-state index in [0.29, 0.717) is 19.6 Å². The molecule has 0 heterocycles. The third-order valence-electron chi connectivity index (χ3n) is 2.04. The standard InChI is InChI=1S/C13H16FNO/c1-3-4-5-8-16-13-7-6-11(10-15-2)9-12(13)14/h6-7,9,15H,5,8,10H2,1-2H3. The number of ether oxygens (including phenoxy) is 1. The summed E-state index contributed by atoms with van der Waals surface area (Å²) in [5.74, 6) is 5.59. The Hall–Kier alpha value is -1.53. The molecular weight excluding hydrogens is 205 g/mol. The van der Waals surface area contributed by atoms with E-state index in [1.165, 1.54) is 6.07 Å². The average Bonchev–Trinajstić information content (AvgIpc) is 2.27. The van der Waals surface area contributed by atoms with Gasteiger partial charge in [0.2, 0.25) is 0 Å². The maximum atomic E-state index is 13.5. The van der Waals surface area contributed by atoms with Crippen LogP contribution < -0.4 is 10.1 Å². The molecule has 0 fully saturated rings. The Morgan fingerprint density at radius 3 is 2.88 bits per heavy atom. The predicted molar refractivity (Wildman–Crippen MR) is 62.7 cm³/mol. The van der Waals surface area contributed by atoms with Crippen molar-refractivity contribution in [1.29, 1.82) is 0 Å². The molecule has 1 rings (SSSR count). The molecule has 1 N–H and O–H groups in total. The van der Waals surface area contributed by atoms with Gasteiger partial charge in [-0.25, -0.2) is 4.39 Å². The van der Waals surface area contributed by atoms with E-state index in [0.717, 1.165) is 5.56 Å². The van der Waals surface area contributed by atoms with Crippen LogP contribution >= 0.6 is 0 Å². The quantitative estimate of drug-likeness (QED) is 0.608. The topological polar surface area (TPSA) is 21.3 Å². The van der Waals surface area contributed by atoms with Gasteiger partial charge in [-0.1, -0.05) is 6.07 Å². The summed E-state index contributed by atoms with van der Waals surface area (Å²) in [6.45, 7) is 2.84. The van der Waals surface area contributed by atoms with Crippen molar-refractivity contribution in [3.05, 3.63) is 29.6 Å². The molecule has 0 spiro atoms. The molecule has 1 aromatic rings. The van der Waals surface area contributed by atoms with Gasteiger partial charge in [0.25, 0.3) is 0 Å². The fraction of sp³-hybridized carbons (Fsp3) is 0.385. The largest absolute Gasteiger partial charge is 0.490 e. The third kappa shape index (κ3) is 3.92. The van der Waals surface area contributed by atoms with Crippen LogP contribution in [0.3, 0.4) is 0 Å². The van der Waals surface area contributed by atoms with Crippen molar-refractivity contribution >= 4 is 0 Å². The van der Waals surface area contributed by atoms with Crippen LogP contribution in [0.2, 0.25) is 0 Å². The molecule has 0 saturated heterocycles. The molecule has 0 radical (unpaired) electrons. The van der Waals surface area contributed by atoms with Crippen molar-refractivity contribution in [2.24, 2.45) is 0 Å². The fourth-order valence-corrected chi connectivity index (χ4v) is 1.31. The second kappa shape index (κ2) is 6.86. The van der Waals surface area contributed by atoms with Gasteiger partial charge < -0.3 is 10.1 Å². The second-order valence-electron chi connectivity index (χ2n) is 3.32. The number of nitrogens with one attached hydrogen (secondary N) is 1. The Labute approximate surface area is 95.8 Å². The summed E-state index contributed by atoms with van der Waals surface area (Å²) in [4.78, 5) is 0. The first-order valence-corrected chi connectivity index (χ1v) is 5.23.